The Balaban J connectivity index is 1.52. The highest BCUT2D eigenvalue weighted by molar-refractivity contribution is 7.10. The van der Waals surface area contributed by atoms with Crippen LogP contribution in [0.15, 0.2) is 23.7 Å². The summed E-state index contributed by atoms with van der Waals surface area (Å²) >= 11 is 1.83. The maximum absolute atomic E-state index is 12.0. The maximum Gasteiger partial charge on any atom is 0.222 e. The third-order valence-electron chi connectivity index (χ3n) is 4.89. The summed E-state index contributed by atoms with van der Waals surface area (Å²) in [4.78, 5) is 17.9. The molecule has 0 saturated carbocycles. The summed E-state index contributed by atoms with van der Waals surface area (Å²) in [6.45, 7) is 6.74. The Bertz CT molecular complexity index is 707. The number of carbonyl (C=O) groups excluding carboxylic acids is 1. The lowest BCUT2D eigenvalue weighted by Crippen LogP contribution is -2.43. The van der Waals surface area contributed by atoms with E-state index in [0.29, 0.717) is 12.3 Å². The van der Waals surface area contributed by atoms with Crippen molar-refractivity contribution in [3.8, 4) is 0 Å². The van der Waals surface area contributed by atoms with Crippen molar-refractivity contribution in [2.45, 2.75) is 38.9 Å². The minimum atomic E-state index is 0.260. The molecule has 0 spiro atoms. The average Bonchev–Trinajstić information content (AvgIpc) is 3.24. The fourth-order valence-electron chi connectivity index (χ4n) is 3.64. The van der Waals surface area contributed by atoms with Crippen molar-refractivity contribution < 1.29 is 4.79 Å². The van der Waals surface area contributed by atoms with Crippen LogP contribution in [-0.4, -0.2) is 45.1 Å². The summed E-state index contributed by atoms with van der Waals surface area (Å²) in [6.07, 6.45) is 3.58. The highest BCUT2D eigenvalue weighted by atomic mass is 32.1. The molecule has 0 aromatic carbocycles. The van der Waals surface area contributed by atoms with Gasteiger partial charge in [-0.15, -0.1) is 11.3 Å². The number of carbonyl (C=O) groups is 1. The maximum atomic E-state index is 12.0. The Kier molecular flexibility index (Phi) is 3.95. The van der Waals surface area contributed by atoms with Crippen LogP contribution in [0.25, 0.3) is 0 Å². The SMILES string of the molecule is Cc1ccsc1CN1Cc2ccnn2[C@H](CN2CCCC2=O)C1. The second-order valence-corrected chi connectivity index (χ2v) is 7.56. The van der Waals surface area contributed by atoms with Crippen LogP contribution in [0.3, 0.4) is 0 Å². The minimum Gasteiger partial charge on any atom is -0.340 e. The Morgan fingerprint density at radius 3 is 3.04 bits per heavy atom. The molecular formula is C17H22N4OS. The Hall–Kier alpha value is -1.66. The molecule has 4 heterocycles. The second-order valence-electron chi connectivity index (χ2n) is 6.56. The van der Waals surface area contributed by atoms with Crippen LogP contribution < -0.4 is 0 Å². The van der Waals surface area contributed by atoms with Gasteiger partial charge in [-0.1, -0.05) is 0 Å². The van der Waals surface area contributed by atoms with Crippen LogP contribution in [0.5, 0.6) is 0 Å². The van der Waals surface area contributed by atoms with Gasteiger partial charge >= 0.3 is 0 Å². The van der Waals surface area contributed by atoms with Crippen LogP contribution in [0.4, 0.5) is 0 Å². The molecule has 1 saturated heterocycles. The zero-order valence-corrected chi connectivity index (χ0v) is 14.3. The third-order valence-corrected chi connectivity index (χ3v) is 5.90. The molecule has 0 bridgehead atoms. The van der Waals surface area contributed by atoms with Crippen LogP contribution in [0.2, 0.25) is 0 Å². The molecule has 0 unspecified atom stereocenters. The fraction of sp³-hybridized carbons (Fsp3) is 0.529. The lowest BCUT2D eigenvalue weighted by molar-refractivity contribution is -0.128. The first-order valence-electron chi connectivity index (χ1n) is 8.26. The van der Waals surface area contributed by atoms with Crippen molar-refractivity contribution in [2.75, 3.05) is 19.6 Å². The van der Waals surface area contributed by atoms with Gasteiger partial charge in [-0.2, -0.15) is 5.10 Å². The topological polar surface area (TPSA) is 41.4 Å². The van der Waals surface area contributed by atoms with E-state index in [1.165, 1.54) is 16.1 Å². The molecular weight excluding hydrogens is 308 g/mol. The summed E-state index contributed by atoms with van der Waals surface area (Å²) < 4.78 is 2.13. The Morgan fingerprint density at radius 2 is 2.30 bits per heavy atom. The monoisotopic (exact) mass is 330 g/mol. The smallest absolute Gasteiger partial charge is 0.222 e. The van der Waals surface area contributed by atoms with E-state index < -0.39 is 0 Å². The summed E-state index contributed by atoms with van der Waals surface area (Å²) in [5.74, 6) is 0.296. The number of amides is 1. The number of aryl methyl sites for hydroxylation is 1. The Labute approximate surface area is 140 Å². The molecule has 0 N–H and O–H groups in total. The zero-order chi connectivity index (χ0) is 15.8. The van der Waals surface area contributed by atoms with E-state index in [9.17, 15) is 4.79 Å². The van der Waals surface area contributed by atoms with Gasteiger partial charge in [0.05, 0.1) is 11.7 Å². The van der Waals surface area contributed by atoms with Crippen LogP contribution in [-0.2, 0) is 17.9 Å². The summed E-state index contributed by atoms with van der Waals surface area (Å²) in [7, 11) is 0. The molecule has 6 heteroatoms. The van der Waals surface area contributed by atoms with E-state index in [2.05, 4.69) is 39.1 Å². The van der Waals surface area contributed by atoms with Crippen molar-refractivity contribution in [3.63, 3.8) is 0 Å². The molecule has 23 heavy (non-hydrogen) atoms. The van der Waals surface area contributed by atoms with Crippen molar-refractivity contribution in [1.82, 2.24) is 19.6 Å². The standard InChI is InChI=1S/C17H22N4OS/c1-13-5-8-23-16(13)12-19-9-14-4-6-18-21(14)15(10-19)11-20-7-2-3-17(20)22/h4-6,8,15H,2-3,7,9-12H2,1H3/t15-/m0/s1. The van der Waals surface area contributed by atoms with Crippen LogP contribution in [0, 0.1) is 6.92 Å². The molecule has 122 valence electrons. The number of likely N-dealkylation sites (tertiary alicyclic amines) is 1. The van der Waals surface area contributed by atoms with Gasteiger partial charge in [0.25, 0.3) is 0 Å². The van der Waals surface area contributed by atoms with E-state index in [1.54, 1.807) is 0 Å². The molecule has 1 atom stereocenters. The number of hydrogen-bond donors (Lipinski definition) is 0. The number of hydrogen-bond acceptors (Lipinski definition) is 4. The van der Waals surface area contributed by atoms with Crippen molar-refractivity contribution >= 4 is 17.2 Å². The van der Waals surface area contributed by atoms with E-state index in [1.807, 2.05) is 22.4 Å². The number of thiophene rings is 1. The molecule has 0 radical (unpaired) electrons. The average molecular weight is 330 g/mol. The molecule has 2 aliphatic rings. The van der Waals surface area contributed by atoms with Crippen molar-refractivity contribution in [1.29, 1.82) is 0 Å². The van der Waals surface area contributed by atoms with Crippen molar-refractivity contribution in [3.05, 3.63) is 39.8 Å². The predicted octanol–water partition coefficient (Wildman–Crippen LogP) is 2.43. The van der Waals surface area contributed by atoms with Crippen LogP contribution >= 0.6 is 11.3 Å². The van der Waals surface area contributed by atoms with Crippen LogP contribution in [0.1, 0.15) is 35.0 Å². The summed E-state index contributed by atoms with van der Waals surface area (Å²) in [6, 6.07) is 4.55. The molecule has 2 aromatic rings. The first-order chi connectivity index (χ1) is 11.2. The normalized spacial score (nSPS) is 21.9. The zero-order valence-electron chi connectivity index (χ0n) is 13.4. The molecule has 0 aliphatic carbocycles. The molecule has 2 aliphatic heterocycles. The lowest BCUT2D eigenvalue weighted by Gasteiger charge is -2.35. The number of nitrogens with zero attached hydrogens (tertiary/aromatic N) is 4. The van der Waals surface area contributed by atoms with Gasteiger partial charge in [-0.3, -0.25) is 14.4 Å². The van der Waals surface area contributed by atoms with Crippen molar-refractivity contribution in [2.24, 2.45) is 0 Å². The van der Waals surface area contributed by atoms with Gasteiger partial charge in [-0.05, 0) is 36.4 Å². The second kappa shape index (κ2) is 6.09. The van der Waals surface area contributed by atoms with Gasteiger partial charge < -0.3 is 4.90 Å². The Morgan fingerprint density at radius 1 is 1.39 bits per heavy atom. The number of fused-ring (bicyclic) bond motifs is 1. The summed E-state index contributed by atoms with van der Waals surface area (Å²) in [5.41, 5.74) is 2.63. The van der Waals surface area contributed by atoms with Gasteiger partial charge in [0.1, 0.15) is 0 Å². The third kappa shape index (κ3) is 2.93. The molecule has 5 nitrogen and oxygen atoms in total. The predicted molar refractivity (Wildman–Crippen MR) is 90.2 cm³/mol. The molecule has 1 amide bonds. The minimum absolute atomic E-state index is 0.260. The molecule has 4 rings (SSSR count). The highest BCUT2D eigenvalue weighted by Crippen LogP contribution is 2.26. The summed E-state index contributed by atoms with van der Waals surface area (Å²) in [5, 5.41) is 6.67. The van der Waals surface area contributed by atoms with E-state index in [0.717, 1.165) is 39.1 Å². The fourth-order valence-corrected chi connectivity index (χ4v) is 4.59. The van der Waals surface area contributed by atoms with Gasteiger partial charge in [0.15, 0.2) is 0 Å². The van der Waals surface area contributed by atoms with Gasteiger partial charge in [0, 0.05) is 50.2 Å². The molecule has 1 fully saturated rings. The van der Waals surface area contributed by atoms with Gasteiger partial charge in [0.2, 0.25) is 5.91 Å². The van der Waals surface area contributed by atoms with E-state index in [-0.39, 0.29) is 6.04 Å². The molecule has 2 aromatic heterocycles. The number of rotatable bonds is 4. The highest BCUT2D eigenvalue weighted by Gasteiger charge is 2.30. The lowest BCUT2D eigenvalue weighted by atomic mass is 10.1. The largest absolute Gasteiger partial charge is 0.340 e. The number of aromatic nitrogens is 2. The van der Waals surface area contributed by atoms with Gasteiger partial charge in [-0.25, -0.2) is 0 Å². The first-order valence-corrected chi connectivity index (χ1v) is 9.14. The quantitative estimate of drug-likeness (QED) is 0.864. The van der Waals surface area contributed by atoms with E-state index >= 15 is 0 Å². The van der Waals surface area contributed by atoms with E-state index in [4.69, 9.17) is 0 Å². The first kappa shape index (κ1) is 14.9.